The summed E-state index contributed by atoms with van der Waals surface area (Å²) in [6, 6.07) is 2.17. The van der Waals surface area contributed by atoms with Crippen LogP contribution >= 0.6 is 0 Å². The molecular formula is C7H8F2N2O3. The summed E-state index contributed by atoms with van der Waals surface area (Å²) in [5.41, 5.74) is 5.08. The van der Waals surface area contributed by atoms with Crippen molar-refractivity contribution in [1.82, 2.24) is 0 Å². The molecule has 1 heterocycles. The van der Waals surface area contributed by atoms with Gasteiger partial charge in [-0.1, -0.05) is 0 Å². The molecule has 1 aromatic heterocycles. The largest absolute Gasteiger partial charge is 0.433 e. The van der Waals surface area contributed by atoms with Crippen molar-refractivity contribution in [2.24, 2.45) is 5.73 Å². The van der Waals surface area contributed by atoms with Gasteiger partial charge in [-0.3, -0.25) is 10.1 Å². The van der Waals surface area contributed by atoms with E-state index in [9.17, 15) is 18.9 Å². The second-order valence-electron chi connectivity index (χ2n) is 2.61. The minimum atomic E-state index is -2.69. The Morgan fingerprint density at radius 3 is 2.57 bits per heavy atom. The molecule has 78 valence electrons. The molecular weight excluding hydrogens is 198 g/mol. The molecule has 0 spiro atoms. The first-order chi connectivity index (χ1) is 6.56. The number of alkyl halides is 2. The first-order valence-corrected chi connectivity index (χ1v) is 3.78. The van der Waals surface area contributed by atoms with Gasteiger partial charge < -0.3 is 10.2 Å². The molecule has 0 radical (unpaired) electrons. The molecule has 1 unspecified atom stereocenters. The van der Waals surface area contributed by atoms with Crippen LogP contribution in [0.15, 0.2) is 16.5 Å². The van der Waals surface area contributed by atoms with Crippen LogP contribution in [0.25, 0.3) is 0 Å². The normalized spacial score (nSPS) is 13.1. The lowest BCUT2D eigenvalue weighted by molar-refractivity contribution is -0.402. The average molecular weight is 206 g/mol. The Labute approximate surface area is 77.6 Å². The monoisotopic (exact) mass is 206 g/mol. The molecule has 0 amide bonds. The summed E-state index contributed by atoms with van der Waals surface area (Å²) in [5.74, 6) is -2.00. The number of nitrogens with zero attached hydrogens (tertiary/aromatic N) is 1. The Bertz CT molecular complexity index is 326. The van der Waals surface area contributed by atoms with E-state index in [1.807, 2.05) is 0 Å². The van der Waals surface area contributed by atoms with Gasteiger partial charge in [-0.15, -0.1) is 0 Å². The van der Waals surface area contributed by atoms with E-state index in [0.29, 0.717) is 0 Å². The van der Waals surface area contributed by atoms with Crippen LogP contribution in [0.1, 0.15) is 11.7 Å². The second-order valence-corrected chi connectivity index (χ2v) is 2.61. The Hall–Kier alpha value is -1.50. The predicted molar refractivity (Wildman–Crippen MR) is 43.2 cm³/mol. The van der Waals surface area contributed by atoms with Gasteiger partial charge in [0.25, 0.3) is 0 Å². The quantitative estimate of drug-likeness (QED) is 0.597. The fraction of sp³-hybridized carbons (Fsp3) is 0.429. The fourth-order valence-corrected chi connectivity index (χ4v) is 0.983. The van der Waals surface area contributed by atoms with Crippen LogP contribution in [0.4, 0.5) is 14.7 Å². The molecule has 7 heteroatoms. The number of rotatable bonds is 4. The number of furan rings is 1. The van der Waals surface area contributed by atoms with Crippen molar-refractivity contribution < 1.29 is 18.1 Å². The Morgan fingerprint density at radius 2 is 2.21 bits per heavy atom. The summed E-state index contributed by atoms with van der Waals surface area (Å²) >= 11 is 0. The summed E-state index contributed by atoms with van der Waals surface area (Å²) in [6.07, 6.45) is -2.69. The van der Waals surface area contributed by atoms with Crippen LogP contribution in [0.3, 0.4) is 0 Å². The third-order valence-electron chi connectivity index (χ3n) is 1.72. The van der Waals surface area contributed by atoms with Crippen LogP contribution in [-0.4, -0.2) is 17.9 Å². The molecule has 0 aromatic carbocycles. The van der Waals surface area contributed by atoms with E-state index in [2.05, 4.69) is 4.42 Å². The lowest BCUT2D eigenvalue weighted by Gasteiger charge is -2.08. The van der Waals surface area contributed by atoms with Crippen molar-refractivity contribution in [2.45, 2.75) is 12.3 Å². The Morgan fingerprint density at radius 1 is 1.57 bits per heavy atom. The number of nitro groups is 1. The molecule has 0 aliphatic heterocycles. The summed E-state index contributed by atoms with van der Waals surface area (Å²) in [4.78, 5) is 9.40. The smallest absolute Gasteiger partial charge is 0.405 e. The minimum Gasteiger partial charge on any atom is -0.405 e. The van der Waals surface area contributed by atoms with Crippen molar-refractivity contribution in [3.05, 3.63) is 28.0 Å². The maximum absolute atomic E-state index is 12.3. The number of hydrogen-bond acceptors (Lipinski definition) is 4. The molecule has 1 aromatic rings. The van der Waals surface area contributed by atoms with Crippen molar-refractivity contribution in [3.8, 4) is 0 Å². The minimum absolute atomic E-state index is 0.158. The highest BCUT2D eigenvalue weighted by atomic mass is 19.3. The van der Waals surface area contributed by atoms with E-state index < -0.39 is 23.2 Å². The summed E-state index contributed by atoms with van der Waals surface area (Å²) < 4.78 is 29.2. The lowest BCUT2D eigenvalue weighted by atomic mass is 10.1. The molecule has 0 fully saturated rings. The van der Waals surface area contributed by atoms with Gasteiger partial charge in [0.15, 0.2) is 0 Å². The third kappa shape index (κ3) is 2.05. The molecule has 1 atom stereocenters. The van der Waals surface area contributed by atoms with Gasteiger partial charge in [0.2, 0.25) is 6.43 Å². The van der Waals surface area contributed by atoms with E-state index in [1.54, 1.807) is 0 Å². The maximum atomic E-state index is 12.3. The molecule has 0 aliphatic carbocycles. The Balaban J connectivity index is 2.89. The predicted octanol–water partition coefficient (Wildman–Crippen LogP) is 1.50. The lowest BCUT2D eigenvalue weighted by Crippen LogP contribution is -2.18. The van der Waals surface area contributed by atoms with Crippen LogP contribution < -0.4 is 5.73 Å². The number of halogens is 2. The molecule has 0 bridgehead atoms. The molecule has 14 heavy (non-hydrogen) atoms. The second kappa shape index (κ2) is 4.14. The van der Waals surface area contributed by atoms with Gasteiger partial charge in [0.1, 0.15) is 10.7 Å². The topological polar surface area (TPSA) is 82.3 Å². The zero-order valence-electron chi connectivity index (χ0n) is 7.02. The standard InChI is InChI=1S/C7H8F2N2O3/c8-7(9)4(3-10)5-1-2-6(14-5)11(12)13/h1-2,4,7H,3,10H2. The van der Waals surface area contributed by atoms with Gasteiger partial charge >= 0.3 is 5.88 Å². The first kappa shape index (κ1) is 10.6. The van der Waals surface area contributed by atoms with Gasteiger partial charge in [-0.05, 0) is 6.07 Å². The van der Waals surface area contributed by atoms with Crippen LogP contribution in [0.5, 0.6) is 0 Å². The number of nitrogens with two attached hydrogens (primary N) is 1. The highest BCUT2D eigenvalue weighted by molar-refractivity contribution is 5.20. The van der Waals surface area contributed by atoms with E-state index >= 15 is 0 Å². The third-order valence-corrected chi connectivity index (χ3v) is 1.72. The highest BCUT2D eigenvalue weighted by Crippen LogP contribution is 2.26. The maximum Gasteiger partial charge on any atom is 0.433 e. The average Bonchev–Trinajstić information content (AvgIpc) is 2.53. The van der Waals surface area contributed by atoms with Gasteiger partial charge in [-0.2, -0.15) is 0 Å². The van der Waals surface area contributed by atoms with Gasteiger partial charge in [-0.25, -0.2) is 8.78 Å². The summed E-state index contributed by atoms with van der Waals surface area (Å²) in [6.45, 7) is -0.317. The Kier molecular flexibility index (Phi) is 3.13. The van der Waals surface area contributed by atoms with E-state index in [1.165, 1.54) is 0 Å². The zero-order valence-corrected chi connectivity index (χ0v) is 7.02. The van der Waals surface area contributed by atoms with Crippen LogP contribution in [0.2, 0.25) is 0 Å². The van der Waals surface area contributed by atoms with Crippen molar-refractivity contribution in [3.63, 3.8) is 0 Å². The SMILES string of the molecule is NCC(c1ccc([N+](=O)[O-])o1)C(F)F. The van der Waals surface area contributed by atoms with E-state index in [0.717, 1.165) is 12.1 Å². The van der Waals surface area contributed by atoms with E-state index in [4.69, 9.17) is 5.73 Å². The molecule has 1 rings (SSSR count). The fourth-order valence-electron chi connectivity index (χ4n) is 0.983. The number of hydrogen-bond donors (Lipinski definition) is 1. The van der Waals surface area contributed by atoms with Crippen molar-refractivity contribution >= 4 is 5.88 Å². The summed E-state index contributed by atoms with van der Waals surface area (Å²) in [7, 11) is 0. The molecule has 0 aliphatic rings. The van der Waals surface area contributed by atoms with Crippen LogP contribution in [-0.2, 0) is 0 Å². The summed E-state index contributed by atoms with van der Waals surface area (Å²) in [5, 5.41) is 10.2. The van der Waals surface area contributed by atoms with Crippen molar-refractivity contribution in [1.29, 1.82) is 0 Å². The first-order valence-electron chi connectivity index (χ1n) is 3.78. The highest BCUT2D eigenvalue weighted by Gasteiger charge is 2.26. The molecule has 2 N–H and O–H groups in total. The van der Waals surface area contributed by atoms with Gasteiger partial charge in [0.05, 0.1) is 12.0 Å². The van der Waals surface area contributed by atoms with Crippen LogP contribution in [0, 0.1) is 10.1 Å². The molecule has 0 saturated carbocycles. The van der Waals surface area contributed by atoms with Crippen molar-refractivity contribution in [2.75, 3.05) is 6.54 Å². The van der Waals surface area contributed by atoms with Gasteiger partial charge in [0, 0.05) is 6.54 Å². The molecule has 0 saturated heterocycles. The van der Waals surface area contributed by atoms with E-state index in [-0.39, 0.29) is 12.3 Å². The molecule has 5 nitrogen and oxygen atoms in total. The zero-order chi connectivity index (χ0) is 10.7.